The van der Waals surface area contributed by atoms with Gasteiger partial charge in [-0.15, -0.1) is 0 Å². The van der Waals surface area contributed by atoms with Gasteiger partial charge in [0, 0.05) is 33.0 Å². The third-order valence-corrected chi connectivity index (χ3v) is 18.6. The van der Waals surface area contributed by atoms with Crippen LogP contribution in [0.4, 0.5) is 0 Å². The minimum absolute atomic E-state index is 0.639. The molecule has 13 rings (SSSR count). The van der Waals surface area contributed by atoms with Crippen molar-refractivity contribution in [1.82, 2.24) is 19.5 Å². The van der Waals surface area contributed by atoms with Gasteiger partial charge in [-0.25, -0.2) is 15.0 Å². The van der Waals surface area contributed by atoms with Gasteiger partial charge in [0.1, 0.15) is 0 Å². The summed E-state index contributed by atoms with van der Waals surface area (Å²) in [5, 5.41) is 7.95. The van der Waals surface area contributed by atoms with Crippen molar-refractivity contribution in [3.63, 3.8) is 0 Å². The van der Waals surface area contributed by atoms with Gasteiger partial charge in [0.25, 0.3) is 0 Å². The molecule has 10 aromatic carbocycles. The predicted molar refractivity (Wildman–Crippen MR) is 284 cm³/mol. The Bertz CT molecular complexity index is 3780. The second-order valence-corrected chi connectivity index (χ2v) is 21.2. The summed E-state index contributed by atoms with van der Waals surface area (Å²) in [6.45, 7) is 0. The quantitative estimate of drug-likeness (QED) is 0.143. The third kappa shape index (κ3) is 6.39. The highest BCUT2D eigenvalue weighted by Gasteiger charge is 2.48. The first kappa shape index (κ1) is 39.6. The van der Waals surface area contributed by atoms with Gasteiger partial charge in [-0.1, -0.05) is 237 Å². The van der Waals surface area contributed by atoms with E-state index in [0.717, 1.165) is 27.9 Å². The van der Waals surface area contributed by atoms with Crippen molar-refractivity contribution < 1.29 is 0 Å². The highest BCUT2D eigenvalue weighted by Crippen LogP contribution is 2.37. The van der Waals surface area contributed by atoms with E-state index in [4.69, 9.17) is 15.0 Å². The highest BCUT2D eigenvalue weighted by molar-refractivity contribution is 7.22. The molecular formula is C63H42N4Si. The van der Waals surface area contributed by atoms with Crippen molar-refractivity contribution in [3.8, 4) is 73.2 Å². The zero-order chi connectivity index (χ0) is 45.0. The lowest BCUT2D eigenvalue weighted by Crippen LogP contribution is -2.72. The molecule has 0 bridgehead atoms. The fraction of sp³-hybridized carbons (Fsp3) is 0. The first-order chi connectivity index (χ1) is 33.7. The van der Waals surface area contributed by atoms with Gasteiger partial charge >= 0.3 is 0 Å². The van der Waals surface area contributed by atoms with Gasteiger partial charge in [-0.2, -0.15) is 0 Å². The van der Waals surface area contributed by atoms with Crippen LogP contribution in [0.25, 0.3) is 95.0 Å². The normalized spacial score (nSPS) is 12.5. The van der Waals surface area contributed by atoms with Crippen molar-refractivity contribution in [2.24, 2.45) is 0 Å². The van der Waals surface area contributed by atoms with Gasteiger partial charge in [0.05, 0.1) is 16.7 Å². The van der Waals surface area contributed by atoms with E-state index in [1.807, 2.05) is 24.3 Å². The first-order valence-corrected chi connectivity index (χ1v) is 25.2. The average Bonchev–Trinajstić information content (AvgIpc) is 3.92. The van der Waals surface area contributed by atoms with Gasteiger partial charge < -0.3 is 4.57 Å². The summed E-state index contributed by atoms with van der Waals surface area (Å²) in [6.07, 6.45) is 0. The molecule has 0 radical (unpaired) electrons. The lowest BCUT2D eigenvalue weighted by Gasteiger charge is -2.31. The van der Waals surface area contributed by atoms with E-state index < -0.39 is 8.07 Å². The van der Waals surface area contributed by atoms with Gasteiger partial charge in [-0.3, -0.25) is 0 Å². The van der Waals surface area contributed by atoms with Crippen molar-refractivity contribution in [3.05, 3.63) is 255 Å². The molecule has 0 aliphatic carbocycles. The maximum Gasteiger partial charge on any atom is 0.180 e. The Hall–Kier alpha value is -8.77. The van der Waals surface area contributed by atoms with Crippen molar-refractivity contribution in [2.75, 3.05) is 0 Å². The molecular weight excluding hydrogens is 841 g/mol. The van der Waals surface area contributed by atoms with E-state index in [1.165, 1.54) is 70.4 Å². The SMILES string of the molecule is c1ccc(-c2ccc(-c3nc(-c4ccccc4)nc(-c4ccc([Si]5(c6ccc7c(c6)c6ccccc6n7-c6ccccc6-c6ccccc6)c6ccccc6-c6ccccc65)cc4)n3)cc2)cc1. The van der Waals surface area contributed by atoms with E-state index in [9.17, 15) is 0 Å². The molecule has 4 nitrogen and oxygen atoms in total. The lowest BCUT2D eigenvalue weighted by atomic mass is 10.0. The summed E-state index contributed by atoms with van der Waals surface area (Å²) >= 11 is 0. The Morgan fingerprint density at radius 1 is 0.279 bits per heavy atom. The zero-order valence-electron chi connectivity index (χ0n) is 37.0. The number of nitrogens with zero attached hydrogens (tertiary/aromatic N) is 4. The molecule has 318 valence electrons. The minimum atomic E-state index is -2.91. The van der Waals surface area contributed by atoms with Crippen LogP contribution in [0, 0.1) is 0 Å². The van der Waals surface area contributed by atoms with Gasteiger partial charge in [0.15, 0.2) is 25.5 Å². The van der Waals surface area contributed by atoms with Crippen LogP contribution in [-0.2, 0) is 0 Å². The second-order valence-electron chi connectivity index (χ2n) is 17.5. The maximum atomic E-state index is 5.18. The van der Waals surface area contributed by atoms with Crippen LogP contribution >= 0.6 is 0 Å². The van der Waals surface area contributed by atoms with Crippen LogP contribution in [0.15, 0.2) is 255 Å². The number of rotatable bonds is 8. The van der Waals surface area contributed by atoms with E-state index >= 15 is 0 Å². The lowest BCUT2D eigenvalue weighted by molar-refractivity contribution is 1.07. The summed E-state index contributed by atoms with van der Waals surface area (Å²) in [5.41, 5.74) is 13.7. The number of benzene rings is 10. The van der Waals surface area contributed by atoms with Crippen LogP contribution in [0.1, 0.15) is 0 Å². The molecule has 1 aliphatic rings. The number of para-hydroxylation sites is 2. The molecule has 0 saturated heterocycles. The number of fused-ring (bicyclic) bond motifs is 6. The Morgan fingerprint density at radius 3 is 1.31 bits per heavy atom. The largest absolute Gasteiger partial charge is 0.309 e. The summed E-state index contributed by atoms with van der Waals surface area (Å²) in [6, 6.07) is 92.2. The van der Waals surface area contributed by atoms with E-state index in [0.29, 0.717) is 17.5 Å². The van der Waals surface area contributed by atoms with Crippen molar-refractivity contribution >= 4 is 50.6 Å². The first-order valence-electron chi connectivity index (χ1n) is 23.2. The van der Waals surface area contributed by atoms with Crippen molar-refractivity contribution in [2.45, 2.75) is 0 Å². The molecule has 0 spiro atoms. The molecule has 2 aromatic heterocycles. The summed E-state index contributed by atoms with van der Waals surface area (Å²) in [4.78, 5) is 15.4. The maximum absolute atomic E-state index is 5.18. The number of hydrogen-bond acceptors (Lipinski definition) is 3. The Balaban J connectivity index is 0.987. The van der Waals surface area contributed by atoms with Gasteiger partial charge in [0.2, 0.25) is 0 Å². The van der Waals surface area contributed by atoms with Gasteiger partial charge in [-0.05, 0) is 66.8 Å². The van der Waals surface area contributed by atoms with E-state index in [1.54, 1.807) is 0 Å². The predicted octanol–water partition coefficient (Wildman–Crippen LogP) is 12.7. The smallest absolute Gasteiger partial charge is 0.180 e. The molecule has 3 heterocycles. The molecule has 0 amide bonds. The van der Waals surface area contributed by atoms with E-state index in [2.05, 4.69) is 235 Å². The van der Waals surface area contributed by atoms with Crippen molar-refractivity contribution in [1.29, 1.82) is 0 Å². The molecule has 1 aliphatic heterocycles. The highest BCUT2D eigenvalue weighted by atomic mass is 28.3. The Labute approximate surface area is 396 Å². The topological polar surface area (TPSA) is 43.6 Å². The fourth-order valence-corrected chi connectivity index (χ4v) is 15.8. The van der Waals surface area contributed by atoms with E-state index in [-0.39, 0.29) is 0 Å². The fourth-order valence-electron chi connectivity index (χ4n) is 10.7. The molecule has 68 heavy (non-hydrogen) atoms. The molecule has 5 heteroatoms. The average molecular weight is 883 g/mol. The summed E-state index contributed by atoms with van der Waals surface area (Å²) < 4.78 is 2.46. The molecule has 0 N–H and O–H groups in total. The summed E-state index contributed by atoms with van der Waals surface area (Å²) in [5.74, 6) is 1.92. The van der Waals surface area contributed by atoms with Crippen LogP contribution < -0.4 is 20.7 Å². The standard InChI is InChI=1S/C63H42N4Si/c1-4-18-43(19-5-1)44-32-34-47(35-33-44)62-64-61(46-22-8-3-9-23-46)65-63(66-62)48-36-38-49(39-37-48)68(59-30-16-12-26-53(59)54-27-13-17-31-60(54)68)50-40-41-58-55(42-50)52-25-11-15-29-57(52)67(58)56-28-14-10-24-51(56)45-20-6-2-7-21-45/h1-42H. The molecule has 12 aromatic rings. The zero-order valence-corrected chi connectivity index (χ0v) is 38.0. The van der Waals surface area contributed by atoms with Crippen LogP contribution in [-0.4, -0.2) is 27.6 Å². The molecule has 0 saturated carbocycles. The second kappa shape index (κ2) is 16.3. The molecule has 0 fully saturated rings. The third-order valence-electron chi connectivity index (χ3n) is 13.8. The number of hydrogen-bond donors (Lipinski definition) is 0. The Morgan fingerprint density at radius 2 is 0.691 bits per heavy atom. The molecule has 0 unspecified atom stereocenters. The Kier molecular flexibility index (Phi) is 9.48. The number of aromatic nitrogens is 4. The monoisotopic (exact) mass is 882 g/mol. The summed E-state index contributed by atoms with van der Waals surface area (Å²) in [7, 11) is -2.91. The van der Waals surface area contributed by atoms with Crippen LogP contribution in [0.3, 0.4) is 0 Å². The minimum Gasteiger partial charge on any atom is -0.309 e. The van der Waals surface area contributed by atoms with Crippen LogP contribution in [0.5, 0.6) is 0 Å². The van der Waals surface area contributed by atoms with Crippen LogP contribution in [0.2, 0.25) is 0 Å². The molecule has 0 atom stereocenters.